The third-order valence-corrected chi connectivity index (χ3v) is 4.20. The van der Waals surface area contributed by atoms with Gasteiger partial charge in [-0.15, -0.1) is 0 Å². The Morgan fingerprint density at radius 1 is 0.905 bits per heavy atom. The zero-order valence-corrected chi connectivity index (χ0v) is 12.6. The van der Waals surface area contributed by atoms with E-state index in [2.05, 4.69) is 15.1 Å². The first-order chi connectivity index (χ1) is 10.1. The van der Waals surface area contributed by atoms with E-state index >= 15 is 0 Å². The van der Waals surface area contributed by atoms with Gasteiger partial charge >= 0.3 is 12.0 Å². The fourth-order valence-electron chi connectivity index (χ4n) is 2.87. The van der Waals surface area contributed by atoms with Gasteiger partial charge in [0.2, 0.25) is 0 Å². The van der Waals surface area contributed by atoms with E-state index in [4.69, 9.17) is 5.11 Å². The van der Waals surface area contributed by atoms with Crippen LogP contribution in [0.1, 0.15) is 19.3 Å². The number of carboxylic acid groups (broad SMARTS) is 1. The largest absolute Gasteiger partial charge is 0.481 e. The second kappa shape index (κ2) is 8.19. The zero-order chi connectivity index (χ0) is 15.1. The van der Waals surface area contributed by atoms with Crippen LogP contribution in [0.4, 0.5) is 4.79 Å². The van der Waals surface area contributed by atoms with E-state index in [9.17, 15) is 9.59 Å². The van der Waals surface area contributed by atoms with Crippen molar-refractivity contribution in [3.05, 3.63) is 0 Å². The number of nitrogens with zero attached hydrogens (tertiary/aromatic N) is 3. The van der Waals surface area contributed by atoms with Crippen molar-refractivity contribution < 1.29 is 14.7 Å². The Balaban J connectivity index is 1.57. The van der Waals surface area contributed by atoms with Gasteiger partial charge in [-0.1, -0.05) is 0 Å². The summed E-state index contributed by atoms with van der Waals surface area (Å²) >= 11 is 0. The molecule has 0 bridgehead atoms. The van der Waals surface area contributed by atoms with Crippen LogP contribution in [0, 0.1) is 0 Å². The average molecular weight is 298 g/mol. The molecular formula is C14H26N4O3. The highest BCUT2D eigenvalue weighted by Gasteiger charge is 2.21. The molecule has 0 aromatic rings. The van der Waals surface area contributed by atoms with Crippen molar-refractivity contribution in [2.24, 2.45) is 0 Å². The standard InChI is InChI=1S/C14H26N4O3/c19-13(20)3-7-17-9-11-18(12-10-17)14(21)15-4-8-16-5-1-2-6-16/h1-12H2,(H,15,21)(H,19,20). The van der Waals surface area contributed by atoms with Gasteiger partial charge in [0.05, 0.1) is 6.42 Å². The fourth-order valence-corrected chi connectivity index (χ4v) is 2.87. The smallest absolute Gasteiger partial charge is 0.317 e. The van der Waals surface area contributed by atoms with Crippen LogP contribution < -0.4 is 5.32 Å². The van der Waals surface area contributed by atoms with E-state index < -0.39 is 5.97 Å². The summed E-state index contributed by atoms with van der Waals surface area (Å²) in [6, 6.07) is 0.00656. The van der Waals surface area contributed by atoms with Crippen LogP contribution in [-0.4, -0.2) is 90.7 Å². The van der Waals surface area contributed by atoms with Crippen LogP contribution in [0.5, 0.6) is 0 Å². The normalized spacial score (nSPS) is 20.7. The maximum absolute atomic E-state index is 12.0. The molecule has 0 aromatic heterocycles. The maximum atomic E-state index is 12.0. The first-order valence-corrected chi connectivity index (χ1v) is 7.84. The maximum Gasteiger partial charge on any atom is 0.317 e. The molecule has 0 unspecified atom stereocenters. The lowest BCUT2D eigenvalue weighted by molar-refractivity contribution is -0.137. The molecule has 120 valence electrons. The second-order valence-corrected chi connectivity index (χ2v) is 5.75. The van der Waals surface area contributed by atoms with Crippen LogP contribution in [-0.2, 0) is 4.79 Å². The molecule has 2 aliphatic rings. The number of rotatable bonds is 6. The Morgan fingerprint density at radius 3 is 2.14 bits per heavy atom. The summed E-state index contributed by atoms with van der Waals surface area (Å²) in [5.41, 5.74) is 0. The summed E-state index contributed by atoms with van der Waals surface area (Å²) in [4.78, 5) is 28.9. The number of amides is 2. The zero-order valence-electron chi connectivity index (χ0n) is 12.6. The Kier molecular flexibility index (Phi) is 6.25. The minimum absolute atomic E-state index is 0.00656. The Labute approximate surface area is 125 Å². The number of urea groups is 1. The average Bonchev–Trinajstić information content (AvgIpc) is 2.99. The molecule has 2 rings (SSSR count). The summed E-state index contributed by atoms with van der Waals surface area (Å²) in [5.74, 6) is -0.767. The van der Waals surface area contributed by atoms with Crippen LogP contribution in [0.3, 0.4) is 0 Å². The molecule has 0 aliphatic carbocycles. The first kappa shape index (κ1) is 16.0. The van der Waals surface area contributed by atoms with Crippen molar-refractivity contribution in [2.75, 3.05) is 58.9 Å². The number of hydrogen-bond acceptors (Lipinski definition) is 4. The molecule has 2 aliphatic heterocycles. The topological polar surface area (TPSA) is 76.1 Å². The number of aliphatic carboxylic acids is 1. The van der Waals surface area contributed by atoms with Gasteiger partial charge < -0.3 is 20.2 Å². The summed E-state index contributed by atoms with van der Waals surface area (Å²) in [6.07, 6.45) is 2.71. The number of likely N-dealkylation sites (tertiary alicyclic amines) is 1. The Morgan fingerprint density at radius 2 is 1.52 bits per heavy atom. The number of carbonyl (C=O) groups excluding carboxylic acids is 1. The van der Waals surface area contributed by atoms with E-state index in [1.807, 2.05) is 4.90 Å². The molecule has 0 radical (unpaired) electrons. The van der Waals surface area contributed by atoms with Crippen molar-refractivity contribution >= 4 is 12.0 Å². The molecule has 2 saturated heterocycles. The summed E-state index contributed by atoms with van der Waals surface area (Å²) < 4.78 is 0. The highest BCUT2D eigenvalue weighted by Crippen LogP contribution is 2.06. The molecule has 7 heteroatoms. The molecule has 0 saturated carbocycles. The van der Waals surface area contributed by atoms with Gasteiger partial charge in [-0.2, -0.15) is 0 Å². The summed E-state index contributed by atoms with van der Waals surface area (Å²) in [7, 11) is 0. The van der Waals surface area contributed by atoms with E-state index in [0.717, 1.165) is 32.7 Å². The van der Waals surface area contributed by atoms with Crippen molar-refractivity contribution in [1.29, 1.82) is 0 Å². The number of carboxylic acids is 1. The molecule has 2 heterocycles. The van der Waals surface area contributed by atoms with Gasteiger partial charge in [-0.05, 0) is 25.9 Å². The molecular weight excluding hydrogens is 272 g/mol. The van der Waals surface area contributed by atoms with Gasteiger partial charge in [0.1, 0.15) is 0 Å². The Hall–Kier alpha value is -1.34. The molecule has 0 atom stereocenters. The molecule has 7 nitrogen and oxygen atoms in total. The number of carbonyl (C=O) groups is 2. The van der Waals surface area contributed by atoms with Crippen LogP contribution in [0.2, 0.25) is 0 Å². The minimum atomic E-state index is -0.767. The van der Waals surface area contributed by atoms with Gasteiger partial charge in [-0.3, -0.25) is 9.69 Å². The lowest BCUT2D eigenvalue weighted by Gasteiger charge is -2.34. The van der Waals surface area contributed by atoms with Crippen LogP contribution in [0.25, 0.3) is 0 Å². The third-order valence-electron chi connectivity index (χ3n) is 4.20. The van der Waals surface area contributed by atoms with E-state index in [1.54, 1.807) is 0 Å². The number of nitrogens with one attached hydrogen (secondary N) is 1. The predicted octanol–water partition coefficient (Wildman–Crippen LogP) is -0.116. The summed E-state index contributed by atoms with van der Waals surface area (Å²) in [5, 5.41) is 11.6. The van der Waals surface area contributed by atoms with Crippen molar-refractivity contribution in [3.63, 3.8) is 0 Å². The lowest BCUT2D eigenvalue weighted by Crippen LogP contribution is -2.52. The van der Waals surface area contributed by atoms with Crippen molar-refractivity contribution in [1.82, 2.24) is 20.0 Å². The minimum Gasteiger partial charge on any atom is -0.481 e. The molecule has 0 aromatic carbocycles. The molecule has 0 spiro atoms. The third kappa shape index (κ3) is 5.51. The quantitative estimate of drug-likeness (QED) is 0.715. The van der Waals surface area contributed by atoms with Crippen LogP contribution >= 0.6 is 0 Å². The number of hydrogen-bond donors (Lipinski definition) is 2. The van der Waals surface area contributed by atoms with E-state index in [1.165, 1.54) is 12.8 Å². The molecule has 2 N–H and O–H groups in total. The van der Waals surface area contributed by atoms with Gasteiger partial charge in [0, 0.05) is 45.8 Å². The second-order valence-electron chi connectivity index (χ2n) is 5.75. The molecule has 21 heavy (non-hydrogen) atoms. The molecule has 2 fully saturated rings. The van der Waals surface area contributed by atoms with E-state index in [-0.39, 0.29) is 12.5 Å². The van der Waals surface area contributed by atoms with Gasteiger partial charge in [-0.25, -0.2) is 4.79 Å². The molecule has 2 amide bonds. The highest BCUT2D eigenvalue weighted by atomic mass is 16.4. The first-order valence-electron chi connectivity index (χ1n) is 7.84. The van der Waals surface area contributed by atoms with Crippen LogP contribution in [0.15, 0.2) is 0 Å². The number of piperazine rings is 1. The highest BCUT2D eigenvalue weighted by molar-refractivity contribution is 5.74. The van der Waals surface area contributed by atoms with Crippen molar-refractivity contribution in [2.45, 2.75) is 19.3 Å². The van der Waals surface area contributed by atoms with E-state index in [0.29, 0.717) is 26.2 Å². The van der Waals surface area contributed by atoms with Gasteiger partial charge in [0.25, 0.3) is 0 Å². The SMILES string of the molecule is O=C(O)CCN1CCN(C(=O)NCCN2CCCC2)CC1. The lowest BCUT2D eigenvalue weighted by atomic mass is 10.3. The fraction of sp³-hybridized carbons (Fsp3) is 0.857. The Bertz CT molecular complexity index is 350. The summed E-state index contributed by atoms with van der Waals surface area (Å²) in [6.45, 7) is 7.38. The van der Waals surface area contributed by atoms with Gasteiger partial charge in [0.15, 0.2) is 0 Å². The van der Waals surface area contributed by atoms with Crippen molar-refractivity contribution in [3.8, 4) is 0 Å². The monoisotopic (exact) mass is 298 g/mol. The predicted molar refractivity (Wildman–Crippen MR) is 79.3 cm³/mol.